The molecule has 1 aliphatic heterocycles. The van der Waals surface area contributed by atoms with E-state index in [0.717, 1.165) is 65.3 Å². The van der Waals surface area contributed by atoms with Crippen LogP contribution in [0.2, 0.25) is 0 Å². The zero-order valence-corrected chi connectivity index (χ0v) is 20.1. The van der Waals surface area contributed by atoms with Gasteiger partial charge in [-0.25, -0.2) is 22.7 Å². The van der Waals surface area contributed by atoms with Crippen LogP contribution in [0.25, 0.3) is 20.3 Å². The molecule has 1 aromatic carbocycles. The number of hydrogen-bond donors (Lipinski definition) is 1. The summed E-state index contributed by atoms with van der Waals surface area (Å²) in [7, 11) is -0.408. The van der Waals surface area contributed by atoms with Gasteiger partial charge in [-0.15, -0.1) is 11.3 Å². The molecule has 1 N–H and O–H groups in total. The molecule has 10 heteroatoms. The van der Waals surface area contributed by atoms with Crippen molar-refractivity contribution >= 4 is 47.5 Å². The average molecular weight is 476 g/mol. The van der Waals surface area contributed by atoms with E-state index in [0.29, 0.717) is 12.1 Å². The van der Waals surface area contributed by atoms with E-state index in [1.54, 1.807) is 43.9 Å². The molecule has 1 aliphatic carbocycles. The fourth-order valence-corrected chi connectivity index (χ4v) is 6.74. The second kappa shape index (κ2) is 8.83. The van der Waals surface area contributed by atoms with Crippen molar-refractivity contribution in [3.8, 4) is 0 Å². The van der Waals surface area contributed by atoms with Crippen molar-refractivity contribution < 1.29 is 13.2 Å². The van der Waals surface area contributed by atoms with Gasteiger partial charge >= 0.3 is 0 Å². The Morgan fingerprint density at radius 1 is 1.12 bits per heavy atom. The maximum Gasteiger partial charge on any atom is 0.242 e. The highest BCUT2D eigenvalue weighted by Crippen LogP contribution is 2.38. The number of ether oxygens (including phenoxy) is 1. The summed E-state index contributed by atoms with van der Waals surface area (Å²) in [5.74, 6) is 0.801. The molecule has 0 unspecified atom stereocenters. The molecule has 32 heavy (non-hydrogen) atoms. The van der Waals surface area contributed by atoms with Crippen LogP contribution < -0.4 is 5.32 Å². The highest BCUT2D eigenvalue weighted by molar-refractivity contribution is 7.89. The Bertz CT molecular complexity index is 1210. The molecule has 0 atom stereocenters. The Labute approximate surface area is 192 Å². The molecule has 0 radical (unpaired) electrons. The summed E-state index contributed by atoms with van der Waals surface area (Å²) in [5, 5.41) is 5.46. The predicted octanol–water partition coefficient (Wildman–Crippen LogP) is 3.15. The van der Waals surface area contributed by atoms with Crippen molar-refractivity contribution in [2.75, 3.05) is 45.7 Å². The van der Waals surface area contributed by atoms with E-state index in [-0.39, 0.29) is 4.90 Å². The first-order chi connectivity index (χ1) is 15.4. The van der Waals surface area contributed by atoms with Gasteiger partial charge in [0.05, 0.1) is 23.5 Å². The number of benzene rings is 1. The zero-order chi connectivity index (χ0) is 22.3. The van der Waals surface area contributed by atoms with Gasteiger partial charge in [0.1, 0.15) is 17.0 Å². The lowest BCUT2D eigenvalue weighted by Crippen LogP contribution is -2.46. The summed E-state index contributed by atoms with van der Waals surface area (Å²) in [5.41, 5.74) is 0. The minimum absolute atomic E-state index is 0.288. The number of morpholine rings is 1. The second-order valence-corrected chi connectivity index (χ2v) is 11.9. The molecule has 0 spiro atoms. The number of aromatic nitrogens is 2. The first-order valence-corrected chi connectivity index (χ1v) is 13.4. The Morgan fingerprint density at radius 3 is 2.59 bits per heavy atom. The number of nitrogens with zero attached hydrogens (tertiary/aromatic N) is 4. The van der Waals surface area contributed by atoms with Crippen LogP contribution in [0.3, 0.4) is 0 Å². The Kier molecular flexibility index (Phi) is 6.06. The second-order valence-electron chi connectivity index (χ2n) is 8.75. The molecule has 2 aromatic heterocycles. The topological polar surface area (TPSA) is 87.7 Å². The van der Waals surface area contributed by atoms with Crippen LogP contribution in [0.15, 0.2) is 29.4 Å². The van der Waals surface area contributed by atoms with Gasteiger partial charge in [0.2, 0.25) is 10.0 Å². The summed E-state index contributed by atoms with van der Waals surface area (Å²) < 4.78 is 33.1. The summed E-state index contributed by atoms with van der Waals surface area (Å²) in [6, 6.07) is 6.29. The first kappa shape index (κ1) is 22.0. The van der Waals surface area contributed by atoms with Crippen molar-refractivity contribution in [3.63, 3.8) is 0 Å². The summed E-state index contributed by atoms with van der Waals surface area (Å²) >= 11 is 1.57. The quantitative estimate of drug-likeness (QED) is 0.606. The molecular weight excluding hydrogens is 446 g/mol. The van der Waals surface area contributed by atoms with Crippen LogP contribution in [0, 0.1) is 0 Å². The van der Waals surface area contributed by atoms with Crippen LogP contribution in [-0.4, -0.2) is 80.1 Å². The Hall–Kier alpha value is -1.85. The first-order valence-electron chi connectivity index (χ1n) is 11.1. The van der Waals surface area contributed by atoms with Gasteiger partial charge < -0.3 is 10.1 Å². The minimum Gasteiger partial charge on any atom is -0.379 e. The fraction of sp³-hybridized carbons (Fsp3) is 0.545. The molecule has 2 aliphatic rings. The molecular formula is C22H29N5O3S2. The van der Waals surface area contributed by atoms with Crippen LogP contribution in [0.1, 0.15) is 25.7 Å². The van der Waals surface area contributed by atoms with E-state index < -0.39 is 10.0 Å². The van der Waals surface area contributed by atoms with Crippen LogP contribution in [-0.2, 0) is 14.8 Å². The van der Waals surface area contributed by atoms with E-state index in [1.807, 2.05) is 6.07 Å². The Balaban J connectivity index is 1.40. The summed E-state index contributed by atoms with van der Waals surface area (Å²) in [6.45, 7) is 3.75. The molecule has 8 nitrogen and oxygen atoms in total. The lowest BCUT2D eigenvalue weighted by atomic mass is 9.90. The maximum absolute atomic E-state index is 12.7. The van der Waals surface area contributed by atoms with Crippen molar-refractivity contribution in [1.29, 1.82) is 0 Å². The van der Waals surface area contributed by atoms with E-state index in [4.69, 9.17) is 4.74 Å². The van der Waals surface area contributed by atoms with Gasteiger partial charge in [-0.05, 0) is 43.9 Å². The number of thiophene rings is 1. The molecule has 3 heterocycles. The van der Waals surface area contributed by atoms with E-state index in [2.05, 4.69) is 20.2 Å². The average Bonchev–Trinajstić information content (AvgIpc) is 3.19. The van der Waals surface area contributed by atoms with E-state index >= 15 is 0 Å². The molecule has 5 rings (SSSR count). The normalized spacial score (nSPS) is 23.2. The van der Waals surface area contributed by atoms with Crippen molar-refractivity contribution in [2.24, 2.45) is 0 Å². The molecule has 1 saturated carbocycles. The molecule has 3 aromatic rings. The standard InChI is InChI=1S/C22H29N5O3S2/c1-26(2)32(28,29)17-7-8-19-18(13-17)20-21(23-14-24-22(20)31-19)25-15-3-5-16(6-4-15)27-9-11-30-12-10-27/h7-8,13-16H,3-6,9-12H2,1-2H3,(H,23,24,25). The smallest absolute Gasteiger partial charge is 0.242 e. The zero-order valence-electron chi connectivity index (χ0n) is 18.5. The molecule has 1 saturated heterocycles. The van der Waals surface area contributed by atoms with Gasteiger partial charge in [-0.1, -0.05) is 0 Å². The summed E-state index contributed by atoms with van der Waals surface area (Å²) in [6.07, 6.45) is 6.12. The lowest BCUT2D eigenvalue weighted by molar-refractivity contribution is 0.00791. The van der Waals surface area contributed by atoms with Gasteiger partial charge in [-0.2, -0.15) is 0 Å². The lowest BCUT2D eigenvalue weighted by Gasteiger charge is -2.39. The third-order valence-corrected chi connectivity index (χ3v) is 9.51. The predicted molar refractivity (Wildman–Crippen MR) is 128 cm³/mol. The van der Waals surface area contributed by atoms with Crippen LogP contribution >= 0.6 is 11.3 Å². The van der Waals surface area contributed by atoms with Crippen molar-refractivity contribution in [2.45, 2.75) is 42.7 Å². The highest BCUT2D eigenvalue weighted by Gasteiger charge is 2.28. The third-order valence-electron chi connectivity index (χ3n) is 6.62. The van der Waals surface area contributed by atoms with Crippen LogP contribution in [0.5, 0.6) is 0 Å². The SMILES string of the molecule is CN(C)S(=O)(=O)c1ccc2sc3ncnc(NC4CCC(N5CCOCC5)CC4)c3c2c1. The number of sulfonamides is 1. The van der Waals surface area contributed by atoms with E-state index in [9.17, 15) is 8.42 Å². The number of nitrogens with one attached hydrogen (secondary N) is 1. The number of anilines is 1. The Morgan fingerprint density at radius 2 is 1.88 bits per heavy atom. The third kappa shape index (κ3) is 4.10. The van der Waals surface area contributed by atoms with Gasteiger partial charge in [0, 0.05) is 49.4 Å². The molecule has 0 bridgehead atoms. The molecule has 172 valence electrons. The van der Waals surface area contributed by atoms with Crippen LogP contribution in [0.4, 0.5) is 5.82 Å². The maximum atomic E-state index is 12.7. The van der Waals surface area contributed by atoms with E-state index in [1.165, 1.54) is 17.1 Å². The molecule has 0 amide bonds. The summed E-state index contributed by atoms with van der Waals surface area (Å²) in [4.78, 5) is 12.8. The molecule has 2 fully saturated rings. The van der Waals surface area contributed by atoms with Gasteiger partial charge in [-0.3, -0.25) is 4.90 Å². The van der Waals surface area contributed by atoms with Gasteiger partial charge in [0.25, 0.3) is 0 Å². The number of fused-ring (bicyclic) bond motifs is 3. The minimum atomic E-state index is -3.51. The largest absolute Gasteiger partial charge is 0.379 e. The van der Waals surface area contributed by atoms with Crippen molar-refractivity contribution in [3.05, 3.63) is 24.5 Å². The monoisotopic (exact) mass is 475 g/mol. The van der Waals surface area contributed by atoms with Crippen molar-refractivity contribution in [1.82, 2.24) is 19.2 Å². The fourth-order valence-electron chi connectivity index (χ4n) is 4.79. The highest BCUT2D eigenvalue weighted by atomic mass is 32.2. The number of hydrogen-bond acceptors (Lipinski definition) is 8. The number of rotatable bonds is 5. The van der Waals surface area contributed by atoms with Gasteiger partial charge in [0.15, 0.2) is 0 Å².